The van der Waals surface area contributed by atoms with Crippen LogP contribution >= 0.6 is 0 Å². The van der Waals surface area contributed by atoms with Crippen LogP contribution < -0.4 is 10.9 Å². The maximum Gasteiger partial charge on any atom is 0.261 e. The van der Waals surface area contributed by atoms with Crippen LogP contribution in [0.3, 0.4) is 0 Å². The van der Waals surface area contributed by atoms with Crippen molar-refractivity contribution >= 4 is 5.91 Å². The lowest BCUT2D eigenvalue weighted by Gasteiger charge is -2.09. The van der Waals surface area contributed by atoms with Gasteiger partial charge in [0, 0.05) is 24.6 Å². The minimum Gasteiger partial charge on any atom is -0.348 e. The first-order chi connectivity index (χ1) is 10.2. The fraction of sp³-hybridized carbons (Fsp3) is 0.312. The van der Waals surface area contributed by atoms with Gasteiger partial charge in [-0.2, -0.15) is 0 Å². The van der Waals surface area contributed by atoms with Gasteiger partial charge < -0.3 is 10.3 Å². The van der Waals surface area contributed by atoms with Gasteiger partial charge in [-0.05, 0) is 36.1 Å². The number of pyridine rings is 2. The summed E-state index contributed by atoms with van der Waals surface area (Å²) in [6.45, 7) is 4.33. The topological polar surface area (TPSA) is 74.8 Å². The molecule has 2 aromatic heterocycles. The second-order valence-electron chi connectivity index (χ2n) is 4.77. The number of rotatable bonds is 5. The quantitative estimate of drug-likeness (QED) is 0.880. The Morgan fingerprint density at radius 1 is 1.33 bits per heavy atom. The van der Waals surface area contributed by atoms with Crippen LogP contribution in [0, 0.1) is 0 Å². The van der Waals surface area contributed by atoms with Gasteiger partial charge in [0.2, 0.25) is 0 Å². The van der Waals surface area contributed by atoms with Crippen molar-refractivity contribution in [1.29, 1.82) is 0 Å². The number of hydrogen-bond donors (Lipinski definition) is 2. The van der Waals surface area contributed by atoms with Gasteiger partial charge >= 0.3 is 0 Å². The van der Waals surface area contributed by atoms with Crippen molar-refractivity contribution in [3.05, 3.63) is 63.3 Å². The first-order valence-corrected chi connectivity index (χ1v) is 7.07. The summed E-state index contributed by atoms with van der Waals surface area (Å²) < 4.78 is 0. The Kier molecular flexibility index (Phi) is 4.87. The molecule has 0 fully saturated rings. The van der Waals surface area contributed by atoms with Crippen molar-refractivity contribution in [3.63, 3.8) is 0 Å². The average Bonchev–Trinajstić information content (AvgIpc) is 2.53. The standard InChI is InChI=1S/C16H19N3O2/c1-3-12-8-13(16(21)19-14(12)4-2)15(20)18-10-11-6-5-7-17-9-11/h5-9H,3-4,10H2,1-2H3,(H,18,20)(H,19,21). The summed E-state index contributed by atoms with van der Waals surface area (Å²) >= 11 is 0. The molecule has 0 spiro atoms. The van der Waals surface area contributed by atoms with Gasteiger partial charge in [0.25, 0.3) is 11.5 Å². The van der Waals surface area contributed by atoms with Crippen molar-refractivity contribution in [2.24, 2.45) is 0 Å². The van der Waals surface area contributed by atoms with Crippen LogP contribution in [0.2, 0.25) is 0 Å². The SMILES string of the molecule is CCc1cc(C(=O)NCc2cccnc2)c(=O)[nH]c1CC. The van der Waals surface area contributed by atoms with Gasteiger partial charge in [0.1, 0.15) is 5.56 Å². The molecule has 2 aromatic rings. The zero-order chi connectivity index (χ0) is 15.2. The Balaban J connectivity index is 2.17. The van der Waals surface area contributed by atoms with E-state index >= 15 is 0 Å². The number of nitrogens with one attached hydrogen (secondary N) is 2. The maximum atomic E-state index is 12.2. The zero-order valence-electron chi connectivity index (χ0n) is 12.3. The van der Waals surface area contributed by atoms with E-state index in [9.17, 15) is 9.59 Å². The van der Waals surface area contributed by atoms with Gasteiger partial charge in [-0.25, -0.2) is 0 Å². The summed E-state index contributed by atoms with van der Waals surface area (Å²) in [6.07, 6.45) is 4.88. The smallest absolute Gasteiger partial charge is 0.261 e. The number of aryl methyl sites for hydroxylation is 2. The molecule has 0 saturated heterocycles. The fourth-order valence-electron chi connectivity index (χ4n) is 2.19. The molecule has 0 aliphatic carbocycles. The molecular weight excluding hydrogens is 266 g/mol. The number of hydrogen-bond acceptors (Lipinski definition) is 3. The third-order valence-electron chi connectivity index (χ3n) is 3.37. The average molecular weight is 285 g/mol. The highest BCUT2D eigenvalue weighted by molar-refractivity contribution is 5.94. The lowest BCUT2D eigenvalue weighted by Crippen LogP contribution is -2.30. The number of carbonyl (C=O) groups excluding carboxylic acids is 1. The van der Waals surface area contributed by atoms with Crippen molar-refractivity contribution in [1.82, 2.24) is 15.3 Å². The Morgan fingerprint density at radius 2 is 2.14 bits per heavy atom. The highest BCUT2D eigenvalue weighted by Gasteiger charge is 2.13. The van der Waals surface area contributed by atoms with Crippen molar-refractivity contribution in [2.75, 3.05) is 0 Å². The van der Waals surface area contributed by atoms with Crippen molar-refractivity contribution < 1.29 is 4.79 Å². The normalized spacial score (nSPS) is 10.4. The van der Waals surface area contributed by atoms with Gasteiger partial charge in [-0.15, -0.1) is 0 Å². The molecule has 110 valence electrons. The third-order valence-corrected chi connectivity index (χ3v) is 3.37. The Labute approximate surface area is 123 Å². The molecule has 5 nitrogen and oxygen atoms in total. The van der Waals surface area contributed by atoms with Gasteiger partial charge in [-0.3, -0.25) is 14.6 Å². The van der Waals surface area contributed by atoms with E-state index in [1.54, 1.807) is 24.5 Å². The lowest BCUT2D eigenvalue weighted by atomic mass is 10.1. The van der Waals surface area contributed by atoms with E-state index in [1.807, 2.05) is 19.9 Å². The molecule has 0 unspecified atom stereocenters. The number of H-pyrrole nitrogens is 1. The van der Waals surface area contributed by atoms with Crippen LogP contribution in [0.5, 0.6) is 0 Å². The van der Waals surface area contributed by atoms with Crippen LogP contribution in [-0.4, -0.2) is 15.9 Å². The van der Waals surface area contributed by atoms with Crippen LogP contribution in [-0.2, 0) is 19.4 Å². The monoisotopic (exact) mass is 285 g/mol. The number of nitrogens with zero attached hydrogens (tertiary/aromatic N) is 1. The molecule has 0 bridgehead atoms. The maximum absolute atomic E-state index is 12.2. The number of amides is 1. The fourth-order valence-corrected chi connectivity index (χ4v) is 2.19. The summed E-state index contributed by atoms with van der Waals surface area (Å²) in [6, 6.07) is 5.37. The van der Waals surface area contributed by atoms with E-state index in [0.29, 0.717) is 6.54 Å². The van der Waals surface area contributed by atoms with E-state index in [1.165, 1.54) is 0 Å². The van der Waals surface area contributed by atoms with E-state index in [-0.39, 0.29) is 17.0 Å². The van der Waals surface area contributed by atoms with Crippen LogP contribution in [0.1, 0.15) is 41.0 Å². The largest absolute Gasteiger partial charge is 0.348 e. The number of aromatic amines is 1. The first kappa shape index (κ1) is 15.0. The summed E-state index contributed by atoms with van der Waals surface area (Å²) in [5.74, 6) is -0.363. The zero-order valence-corrected chi connectivity index (χ0v) is 12.3. The molecular formula is C16H19N3O2. The second kappa shape index (κ2) is 6.83. The van der Waals surface area contributed by atoms with E-state index in [2.05, 4.69) is 15.3 Å². The molecule has 21 heavy (non-hydrogen) atoms. The molecule has 0 aromatic carbocycles. The lowest BCUT2D eigenvalue weighted by molar-refractivity contribution is 0.0949. The molecule has 2 heterocycles. The highest BCUT2D eigenvalue weighted by atomic mass is 16.2. The highest BCUT2D eigenvalue weighted by Crippen LogP contribution is 2.08. The second-order valence-corrected chi connectivity index (χ2v) is 4.77. The summed E-state index contributed by atoms with van der Waals surface area (Å²) in [5.41, 5.74) is 2.61. The molecule has 0 atom stereocenters. The van der Waals surface area contributed by atoms with Gasteiger partial charge in [0.15, 0.2) is 0 Å². The van der Waals surface area contributed by atoms with Crippen LogP contribution in [0.4, 0.5) is 0 Å². The third kappa shape index (κ3) is 3.56. The Bertz CT molecular complexity index is 678. The van der Waals surface area contributed by atoms with Crippen LogP contribution in [0.15, 0.2) is 35.4 Å². The molecule has 5 heteroatoms. The number of carbonyl (C=O) groups is 1. The molecule has 0 saturated carbocycles. The summed E-state index contributed by atoms with van der Waals surface area (Å²) in [5, 5.41) is 2.75. The molecule has 0 radical (unpaired) electrons. The first-order valence-electron chi connectivity index (χ1n) is 7.07. The minimum atomic E-state index is -0.363. The minimum absolute atomic E-state index is 0.160. The van der Waals surface area contributed by atoms with E-state index < -0.39 is 0 Å². The van der Waals surface area contributed by atoms with E-state index in [4.69, 9.17) is 0 Å². The molecule has 1 amide bonds. The van der Waals surface area contributed by atoms with Gasteiger partial charge in [0.05, 0.1) is 0 Å². The van der Waals surface area contributed by atoms with E-state index in [0.717, 1.165) is 29.7 Å². The van der Waals surface area contributed by atoms with Crippen LogP contribution in [0.25, 0.3) is 0 Å². The Morgan fingerprint density at radius 3 is 2.76 bits per heavy atom. The molecule has 2 rings (SSSR count). The van der Waals surface area contributed by atoms with Gasteiger partial charge in [-0.1, -0.05) is 19.9 Å². The Hall–Kier alpha value is -2.43. The van der Waals surface area contributed by atoms with Crippen molar-refractivity contribution in [3.8, 4) is 0 Å². The summed E-state index contributed by atoms with van der Waals surface area (Å²) in [7, 11) is 0. The molecule has 2 N–H and O–H groups in total. The predicted octanol–water partition coefficient (Wildman–Crippen LogP) is 1.82. The molecule has 0 aliphatic rings. The molecule has 0 aliphatic heterocycles. The van der Waals surface area contributed by atoms with Crippen molar-refractivity contribution in [2.45, 2.75) is 33.2 Å². The summed E-state index contributed by atoms with van der Waals surface area (Å²) in [4.78, 5) is 30.9. The predicted molar refractivity (Wildman–Crippen MR) is 81.2 cm³/mol. The number of aromatic nitrogens is 2.